The zero-order chi connectivity index (χ0) is 42.4. The smallest absolute Gasteiger partial charge is 0.306 e. The number of esters is 1. The van der Waals surface area contributed by atoms with Gasteiger partial charge in [-0.3, -0.25) is 9.59 Å². The van der Waals surface area contributed by atoms with Gasteiger partial charge in [-0.1, -0.05) is 236 Å². The van der Waals surface area contributed by atoms with Crippen LogP contribution in [0.4, 0.5) is 0 Å². The Kier molecular flexibility index (Phi) is 43.7. The largest absolute Gasteiger partial charge is 0.462 e. The Balaban J connectivity index is 4.69. The van der Waals surface area contributed by atoms with E-state index in [1.165, 1.54) is 116 Å². The number of rotatable bonds is 43. The van der Waals surface area contributed by atoms with Gasteiger partial charge in [-0.15, -0.1) is 0 Å². The Labute approximate surface area is 358 Å². The highest BCUT2D eigenvalue weighted by Gasteiger charge is 2.24. The lowest BCUT2D eigenvalue weighted by Gasteiger charge is -2.24. The van der Waals surface area contributed by atoms with Crippen molar-refractivity contribution in [3.8, 4) is 0 Å². The van der Waals surface area contributed by atoms with E-state index in [9.17, 15) is 19.8 Å². The fourth-order valence-corrected chi connectivity index (χ4v) is 7.22. The van der Waals surface area contributed by atoms with Crippen molar-refractivity contribution in [3.63, 3.8) is 0 Å². The van der Waals surface area contributed by atoms with Gasteiger partial charge in [-0.2, -0.15) is 0 Å². The van der Waals surface area contributed by atoms with Gasteiger partial charge in [0.15, 0.2) is 0 Å². The number of ether oxygens (including phenoxy) is 1. The Hall–Kier alpha value is -2.44. The fourth-order valence-electron chi connectivity index (χ4n) is 7.22. The summed E-state index contributed by atoms with van der Waals surface area (Å²) in [5.41, 5.74) is 0. The van der Waals surface area contributed by atoms with Crippen molar-refractivity contribution in [2.45, 2.75) is 251 Å². The fraction of sp³-hybridized carbons (Fsp3) is 0.769. The Morgan fingerprint density at radius 2 is 0.914 bits per heavy atom. The standard InChI is InChI=1S/C52H93NO5/c1-4-7-10-13-16-19-21-23-25-26-27-29-32-34-37-40-43-48(58-52(57)45-42-39-36-33-30-28-24-22-20-17-14-11-8-5-2)46-51(56)53-49(47-54)50(55)44-41-38-35-31-18-15-12-9-6-3/h10,13,16,19,21,23,25-27,29,48-50,54-55H,4-9,11-12,14-15,17-18,20,22,24,28,30-47H2,1-3H3,(H,53,56)/b13-10+,19-16+,23-21+,26-25+,29-27+. The molecule has 1 amide bonds. The average molecular weight is 812 g/mol. The average Bonchev–Trinajstić information content (AvgIpc) is 3.22. The summed E-state index contributed by atoms with van der Waals surface area (Å²) < 4.78 is 5.90. The summed E-state index contributed by atoms with van der Waals surface area (Å²) in [5, 5.41) is 23.6. The molecular weight excluding hydrogens is 719 g/mol. The van der Waals surface area contributed by atoms with Crippen LogP contribution in [-0.4, -0.2) is 46.9 Å². The molecule has 0 saturated heterocycles. The second-order valence-corrected chi connectivity index (χ2v) is 16.6. The van der Waals surface area contributed by atoms with Crippen LogP contribution in [0.1, 0.15) is 233 Å². The molecule has 336 valence electrons. The van der Waals surface area contributed by atoms with E-state index in [4.69, 9.17) is 4.74 Å². The number of hydrogen-bond acceptors (Lipinski definition) is 5. The maximum atomic E-state index is 13.1. The molecule has 6 nitrogen and oxygen atoms in total. The summed E-state index contributed by atoms with van der Waals surface area (Å²) in [6.07, 6.45) is 55.6. The summed E-state index contributed by atoms with van der Waals surface area (Å²) in [6, 6.07) is -0.714. The third kappa shape index (κ3) is 40.3. The third-order valence-corrected chi connectivity index (χ3v) is 11.0. The lowest BCUT2D eigenvalue weighted by atomic mass is 10.0. The van der Waals surface area contributed by atoms with Gasteiger partial charge in [0.25, 0.3) is 0 Å². The molecule has 3 atom stereocenters. The molecule has 0 spiro atoms. The number of amides is 1. The Bertz CT molecular complexity index is 1050. The topological polar surface area (TPSA) is 95.9 Å². The van der Waals surface area contributed by atoms with E-state index in [1.54, 1.807) is 0 Å². The van der Waals surface area contributed by atoms with Crippen molar-refractivity contribution in [1.82, 2.24) is 5.32 Å². The van der Waals surface area contributed by atoms with Crippen LogP contribution in [0.25, 0.3) is 0 Å². The van der Waals surface area contributed by atoms with E-state index in [0.717, 1.165) is 70.6 Å². The number of aliphatic hydroxyl groups excluding tert-OH is 2. The van der Waals surface area contributed by atoms with Crippen molar-refractivity contribution >= 4 is 11.9 Å². The molecule has 0 aliphatic rings. The van der Waals surface area contributed by atoms with Crippen LogP contribution in [0, 0.1) is 0 Å². The van der Waals surface area contributed by atoms with Crippen LogP contribution in [0.3, 0.4) is 0 Å². The molecule has 0 heterocycles. The maximum absolute atomic E-state index is 13.1. The highest BCUT2D eigenvalue weighted by Crippen LogP contribution is 2.17. The number of carbonyl (C=O) groups excluding carboxylic acids is 2. The first kappa shape index (κ1) is 55.6. The molecule has 58 heavy (non-hydrogen) atoms. The normalized spacial score (nSPS) is 13.8. The van der Waals surface area contributed by atoms with E-state index in [0.29, 0.717) is 19.3 Å². The van der Waals surface area contributed by atoms with Crippen LogP contribution < -0.4 is 5.32 Å². The molecular formula is C52H93NO5. The molecule has 3 unspecified atom stereocenters. The van der Waals surface area contributed by atoms with Crippen molar-refractivity contribution in [1.29, 1.82) is 0 Å². The molecule has 3 N–H and O–H groups in total. The van der Waals surface area contributed by atoms with Crippen LogP contribution in [-0.2, 0) is 14.3 Å². The highest BCUT2D eigenvalue weighted by molar-refractivity contribution is 5.77. The number of unbranched alkanes of at least 4 members (excludes halogenated alkanes) is 25. The lowest BCUT2D eigenvalue weighted by molar-refractivity contribution is -0.151. The van der Waals surface area contributed by atoms with Crippen LogP contribution in [0.2, 0.25) is 0 Å². The second kappa shape index (κ2) is 45.6. The predicted molar refractivity (Wildman–Crippen MR) is 250 cm³/mol. The SMILES string of the molecule is CCC/C=C/C=C/C=C/C=C/C=C/CCCCCC(CC(=O)NC(CO)C(O)CCCCCCCCCCC)OC(=O)CCCCCCCCCCCCCCCC. The van der Waals surface area contributed by atoms with Crippen LogP contribution in [0.15, 0.2) is 60.8 Å². The van der Waals surface area contributed by atoms with Gasteiger partial charge in [-0.25, -0.2) is 0 Å². The van der Waals surface area contributed by atoms with Crippen LogP contribution >= 0.6 is 0 Å². The number of allylic oxidation sites excluding steroid dienone is 10. The summed E-state index contributed by atoms with van der Waals surface area (Å²) in [7, 11) is 0. The summed E-state index contributed by atoms with van der Waals surface area (Å²) in [6.45, 7) is 6.36. The van der Waals surface area contributed by atoms with Crippen molar-refractivity contribution in [3.05, 3.63) is 60.8 Å². The summed E-state index contributed by atoms with van der Waals surface area (Å²) >= 11 is 0. The van der Waals surface area contributed by atoms with Gasteiger partial charge >= 0.3 is 5.97 Å². The summed E-state index contributed by atoms with van der Waals surface area (Å²) in [4.78, 5) is 26.1. The molecule has 0 aromatic carbocycles. The molecule has 0 bridgehead atoms. The molecule has 0 aliphatic heterocycles. The minimum absolute atomic E-state index is 0.0498. The van der Waals surface area contributed by atoms with Gasteiger partial charge in [-0.05, 0) is 44.9 Å². The molecule has 0 aromatic rings. The van der Waals surface area contributed by atoms with E-state index < -0.39 is 18.2 Å². The number of hydrogen-bond donors (Lipinski definition) is 3. The van der Waals surface area contributed by atoms with Crippen molar-refractivity contribution in [2.24, 2.45) is 0 Å². The highest BCUT2D eigenvalue weighted by atomic mass is 16.5. The Morgan fingerprint density at radius 3 is 1.40 bits per heavy atom. The van der Waals surface area contributed by atoms with E-state index in [-0.39, 0.29) is 24.9 Å². The Morgan fingerprint density at radius 1 is 0.500 bits per heavy atom. The van der Waals surface area contributed by atoms with Crippen LogP contribution in [0.5, 0.6) is 0 Å². The third-order valence-electron chi connectivity index (χ3n) is 11.0. The van der Waals surface area contributed by atoms with Gasteiger partial charge in [0.05, 0.1) is 25.2 Å². The molecule has 0 radical (unpaired) electrons. The molecule has 0 aromatic heterocycles. The second-order valence-electron chi connectivity index (χ2n) is 16.6. The van der Waals surface area contributed by atoms with E-state index in [2.05, 4.69) is 50.4 Å². The van der Waals surface area contributed by atoms with E-state index >= 15 is 0 Å². The van der Waals surface area contributed by atoms with Crippen molar-refractivity contribution in [2.75, 3.05) is 6.61 Å². The minimum Gasteiger partial charge on any atom is -0.462 e. The van der Waals surface area contributed by atoms with Gasteiger partial charge < -0.3 is 20.3 Å². The molecule has 0 aliphatic carbocycles. The van der Waals surface area contributed by atoms with Gasteiger partial charge in [0, 0.05) is 6.42 Å². The minimum atomic E-state index is -0.798. The maximum Gasteiger partial charge on any atom is 0.306 e. The molecule has 0 rings (SSSR count). The predicted octanol–water partition coefficient (Wildman–Crippen LogP) is 14.5. The lowest BCUT2D eigenvalue weighted by Crippen LogP contribution is -2.46. The number of carbonyl (C=O) groups is 2. The van der Waals surface area contributed by atoms with Crippen molar-refractivity contribution < 1.29 is 24.5 Å². The zero-order valence-corrected chi connectivity index (χ0v) is 38.2. The molecule has 0 saturated carbocycles. The quantitative estimate of drug-likeness (QED) is 0.0324. The van der Waals surface area contributed by atoms with E-state index in [1.807, 2.05) is 36.5 Å². The molecule has 6 heteroatoms. The molecule has 0 fully saturated rings. The monoisotopic (exact) mass is 812 g/mol. The first-order valence-corrected chi connectivity index (χ1v) is 24.6. The first-order chi connectivity index (χ1) is 28.5. The summed E-state index contributed by atoms with van der Waals surface area (Å²) in [5.74, 6) is -0.514. The van der Waals surface area contributed by atoms with Gasteiger partial charge in [0.2, 0.25) is 5.91 Å². The number of nitrogens with one attached hydrogen (secondary N) is 1. The zero-order valence-electron chi connectivity index (χ0n) is 38.2. The number of aliphatic hydroxyl groups is 2. The first-order valence-electron chi connectivity index (χ1n) is 24.6. The van der Waals surface area contributed by atoms with Gasteiger partial charge in [0.1, 0.15) is 6.10 Å².